The zero-order valence-electron chi connectivity index (χ0n) is 16.4. The van der Waals surface area contributed by atoms with Crippen LogP contribution in [0.4, 0.5) is 0 Å². The number of benzene rings is 1. The second-order valence-electron chi connectivity index (χ2n) is 5.92. The van der Waals surface area contributed by atoms with E-state index in [2.05, 4.69) is 6.92 Å². The predicted octanol–water partition coefficient (Wildman–Crippen LogP) is 5.49. The molecule has 4 heteroatoms. The van der Waals surface area contributed by atoms with E-state index in [-0.39, 0.29) is 18.3 Å². The Hall–Kier alpha value is -1.84. The second-order valence-corrected chi connectivity index (χ2v) is 5.92. The molecule has 1 saturated carbocycles. The summed E-state index contributed by atoms with van der Waals surface area (Å²) in [6, 6.07) is 7.10. The van der Waals surface area contributed by atoms with Crippen molar-refractivity contribution in [3.63, 3.8) is 0 Å². The Labute approximate surface area is 152 Å². The molecule has 1 aromatic rings. The third-order valence-electron chi connectivity index (χ3n) is 4.12. The van der Waals surface area contributed by atoms with E-state index in [9.17, 15) is 9.59 Å². The maximum Gasteiger partial charge on any atom is 0.314 e. The van der Waals surface area contributed by atoms with E-state index in [0.29, 0.717) is 18.1 Å². The molecule has 0 aliphatic heterocycles. The van der Waals surface area contributed by atoms with Gasteiger partial charge in [-0.3, -0.25) is 9.59 Å². The van der Waals surface area contributed by atoms with Crippen LogP contribution < -0.4 is 4.74 Å². The van der Waals surface area contributed by atoms with Gasteiger partial charge in [0.25, 0.3) is 0 Å². The van der Waals surface area contributed by atoms with Crippen molar-refractivity contribution >= 4 is 11.9 Å². The molecule has 142 valence electrons. The lowest BCUT2D eigenvalue weighted by Gasteiger charge is -2.24. The summed E-state index contributed by atoms with van der Waals surface area (Å²) < 4.78 is 5.41. The van der Waals surface area contributed by atoms with Crippen molar-refractivity contribution in [1.82, 2.24) is 0 Å². The molecule has 0 unspecified atom stereocenters. The van der Waals surface area contributed by atoms with Crippen LogP contribution in [0.5, 0.6) is 5.75 Å². The Morgan fingerprint density at radius 1 is 1.00 bits per heavy atom. The highest BCUT2D eigenvalue weighted by Gasteiger charge is 2.25. The molecule has 0 radical (unpaired) electrons. The SMILES string of the molecule is CC.CC.CC1CCC(C(=O)Oc2ccc(CCC(=O)O)cc2)CC1. The van der Waals surface area contributed by atoms with Crippen LogP contribution in [0, 0.1) is 11.8 Å². The summed E-state index contributed by atoms with van der Waals surface area (Å²) >= 11 is 0. The summed E-state index contributed by atoms with van der Waals surface area (Å²) in [5, 5.41) is 8.64. The van der Waals surface area contributed by atoms with Crippen LogP contribution in [0.1, 0.15) is 72.3 Å². The first-order valence-electron chi connectivity index (χ1n) is 9.57. The molecule has 1 N–H and O–H groups in total. The molecular weight excluding hydrogens is 316 g/mol. The topological polar surface area (TPSA) is 63.6 Å². The molecule has 0 atom stereocenters. The van der Waals surface area contributed by atoms with Gasteiger partial charge in [-0.2, -0.15) is 0 Å². The predicted molar refractivity (Wildman–Crippen MR) is 102 cm³/mol. The number of rotatable bonds is 5. The van der Waals surface area contributed by atoms with Crippen molar-refractivity contribution in [1.29, 1.82) is 0 Å². The maximum atomic E-state index is 12.1. The van der Waals surface area contributed by atoms with E-state index in [4.69, 9.17) is 9.84 Å². The smallest absolute Gasteiger partial charge is 0.314 e. The van der Waals surface area contributed by atoms with Crippen LogP contribution in [-0.2, 0) is 16.0 Å². The Bertz CT molecular complexity index is 485. The molecule has 0 amide bonds. The molecule has 0 heterocycles. The fourth-order valence-electron chi connectivity index (χ4n) is 2.67. The molecule has 0 saturated heterocycles. The number of carbonyl (C=O) groups excluding carboxylic acids is 1. The lowest BCUT2D eigenvalue weighted by molar-refractivity contribution is -0.140. The highest BCUT2D eigenvalue weighted by Crippen LogP contribution is 2.29. The molecule has 2 rings (SSSR count). The molecule has 0 spiro atoms. The highest BCUT2D eigenvalue weighted by molar-refractivity contribution is 5.75. The van der Waals surface area contributed by atoms with Gasteiger partial charge >= 0.3 is 11.9 Å². The van der Waals surface area contributed by atoms with Crippen LogP contribution in [0.3, 0.4) is 0 Å². The van der Waals surface area contributed by atoms with Crippen LogP contribution in [-0.4, -0.2) is 17.0 Å². The van der Waals surface area contributed by atoms with Gasteiger partial charge in [-0.05, 0) is 55.7 Å². The Morgan fingerprint density at radius 2 is 1.52 bits per heavy atom. The summed E-state index contributed by atoms with van der Waals surface area (Å²) in [5.41, 5.74) is 0.934. The van der Waals surface area contributed by atoms with Gasteiger partial charge in [0.05, 0.1) is 5.92 Å². The van der Waals surface area contributed by atoms with Gasteiger partial charge in [0.1, 0.15) is 5.75 Å². The van der Waals surface area contributed by atoms with E-state index in [0.717, 1.165) is 31.2 Å². The Balaban J connectivity index is 0.00000134. The molecule has 25 heavy (non-hydrogen) atoms. The second kappa shape index (κ2) is 13.5. The number of esters is 1. The van der Waals surface area contributed by atoms with E-state index in [1.165, 1.54) is 0 Å². The number of aliphatic carboxylic acids is 1. The number of carboxylic acid groups (broad SMARTS) is 1. The van der Waals surface area contributed by atoms with Crippen molar-refractivity contribution in [2.45, 2.75) is 73.1 Å². The standard InChI is InChI=1S/C17H22O4.2C2H6/c1-12-2-7-14(8-3-12)17(20)21-15-9-4-13(5-10-15)6-11-16(18)19;2*1-2/h4-5,9-10,12,14H,2-3,6-8,11H2,1H3,(H,18,19);2*1-2H3. The molecule has 1 fully saturated rings. The largest absolute Gasteiger partial charge is 0.481 e. The quantitative estimate of drug-likeness (QED) is 0.563. The summed E-state index contributed by atoms with van der Waals surface area (Å²) in [7, 11) is 0. The number of carbonyl (C=O) groups is 2. The molecule has 1 aliphatic carbocycles. The normalized spacial score (nSPS) is 18.8. The lowest BCUT2D eigenvalue weighted by Crippen LogP contribution is -2.24. The summed E-state index contributed by atoms with van der Waals surface area (Å²) in [5.74, 6) is 0.324. The molecule has 1 aliphatic rings. The van der Waals surface area contributed by atoms with Crippen molar-refractivity contribution in [2.75, 3.05) is 0 Å². The van der Waals surface area contributed by atoms with E-state index >= 15 is 0 Å². The number of carboxylic acids is 1. The van der Waals surface area contributed by atoms with Gasteiger partial charge in [0.2, 0.25) is 0 Å². The van der Waals surface area contributed by atoms with Crippen molar-refractivity contribution < 1.29 is 19.4 Å². The van der Waals surface area contributed by atoms with Crippen molar-refractivity contribution in [2.24, 2.45) is 11.8 Å². The molecule has 0 aromatic heterocycles. The summed E-state index contributed by atoms with van der Waals surface area (Å²) in [6.07, 6.45) is 4.61. The van der Waals surface area contributed by atoms with Gasteiger partial charge in [0, 0.05) is 6.42 Å². The fourth-order valence-corrected chi connectivity index (χ4v) is 2.67. The van der Waals surface area contributed by atoms with Gasteiger partial charge in [-0.15, -0.1) is 0 Å². The average molecular weight is 350 g/mol. The monoisotopic (exact) mass is 350 g/mol. The number of ether oxygens (including phenoxy) is 1. The van der Waals surface area contributed by atoms with Gasteiger partial charge in [-0.1, -0.05) is 46.8 Å². The summed E-state index contributed by atoms with van der Waals surface area (Å²) in [4.78, 5) is 22.6. The third-order valence-corrected chi connectivity index (χ3v) is 4.12. The zero-order valence-corrected chi connectivity index (χ0v) is 16.4. The molecular formula is C21H34O4. The fraction of sp³-hybridized carbons (Fsp3) is 0.619. The highest BCUT2D eigenvalue weighted by atomic mass is 16.5. The first-order valence-corrected chi connectivity index (χ1v) is 9.57. The summed E-state index contributed by atoms with van der Waals surface area (Å²) in [6.45, 7) is 10.2. The molecule has 0 bridgehead atoms. The maximum absolute atomic E-state index is 12.1. The third kappa shape index (κ3) is 9.28. The van der Waals surface area contributed by atoms with E-state index in [1.807, 2.05) is 39.8 Å². The van der Waals surface area contributed by atoms with Gasteiger partial charge in [0.15, 0.2) is 0 Å². The number of aryl methyl sites for hydroxylation is 1. The average Bonchev–Trinajstić information content (AvgIpc) is 2.65. The molecule has 1 aromatic carbocycles. The van der Waals surface area contributed by atoms with Gasteiger partial charge < -0.3 is 9.84 Å². The van der Waals surface area contributed by atoms with Crippen molar-refractivity contribution in [3.05, 3.63) is 29.8 Å². The van der Waals surface area contributed by atoms with E-state index < -0.39 is 5.97 Å². The van der Waals surface area contributed by atoms with Crippen LogP contribution >= 0.6 is 0 Å². The van der Waals surface area contributed by atoms with Crippen LogP contribution in [0.25, 0.3) is 0 Å². The number of hydrogen-bond donors (Lipinski definition) is 1. The van der Waals surface area contributed by atoms with Crippen LogP contribution in [0.15, 0.2) is 24.3 Å². The number of hydrogen-bond acceptors (Lipinski definition) is 3. The first kappa shape index (κ1) is 23.2. The Kier molecular flexibility index (Phi) is 12.5. The first-order chi connectivity index (χ1) is 12.0. The minimum absolute atomic E-state index is 0.0212. The minimum Gasteiger partial charge on any atom is -0.481 e. The van der Waals surface area contributed by atoms with E-state index in [1.54, 1.807) is 12.1 Å². The van der Waals surface area contributed by atoms with Gasteiger partial charge in [-0.25, -0.2) is 0 Å². The molecule has 4 nitrogen and oxygen atoms in total. The lowest BCUT2D eigenvalue weighted by atomic mass is 9.83. The zero-order chi connectivity index (χ0) is 19.2. The Morgan fingerprint density at radius 3 is 2.00 bits per heavy atom. The minimum atomic E-state index is -0.808. The van der Waals surface area contributed by atoms with Crippen molar-refractivity contribution in [3.8, 4) is 5.75 Å². The van der Waals surface area contributed by atoms with Crippen LogP contribution in [0.2, 0.25) is 0 Å².